The van der Waals surface area contributed by atoms with Crippen molar-refractivity contribution in [1.82, 2.24) is 3.96 Å². The first-order valence-corrected chi connectivity index (χ1v) is 8.01. The second-order valence-electron chi connectivity index (χ2n) is 5.17. The lowest BCUT2D eigenvalue weighted by atomic mass is 10.1. The molecule has 4 nitrogen and oxygen atoms in total. The highest BCUT2D eigenvalue weighted by Gasteiger charge is 2.34. The van der Waals surface area contributed by atoms with Gasteiger partial charge in [0.25, 0.3) is 0 Å². The van der Waals surface area contributed by atoms with Gasteiger partial charge in [0.1, 0.15) is 11.9 Å². The number of halogens is 4. The number of nitrogens with zero attached hydrogens (tertiary/aromatic N) is 1. The van der Waals surface area contributed by atoms with Crippen molar-refractivity contribution in [3.05, 3.63) is 35.0 Å². The Bertz CT molecular complexity index is 709. The molecule has 0 radical (unpaired) electrons. The molecule has 132 valence electrons. The topological polar surface area (TPSA) is 57.3 Å². The molecule has 0 aliphatic rings. The van der Waals surface area contributed by atoms with Crippen LogP contribution in [0.5, 0.6) is 0 Å². The molecule has 0 saturated heterocycles. The molecule has 9 heteroatoms. The molecule has 0 unspecified atom stereocenters. The maximum atomic E-state index is 13.6. The second kappa shape index (κ2) is 7.35. The summed E-state index contributed by atoms with van der Waals surface area (Å²) < 4.78 is 57.9. The number of ether oxygens (including phenoxy) is 1. The summed E-state index contributed by atoms with van der Waals surface area (Å²) in [5.74, 6) is -1.90. The molecule has 0 aliphatic heterocycles. The van der Waals surface area contributed by atoms with E-state index in [0.29, 0.717) is 18.2 Å². The Morgan fingerprint density at radius 1 is 1.42 bits per heavy atom. The van der Waals surface area contributed by atoms with Crippen molar-refractivity contribution >= 4 is 17.5 Å². The molecule has 1 atom stereocenters. The van der Waals surface area contributed by atoms with Crippen LogP contribution in [0.2, 0.25) is 0 Å². The lowest BCUT2D eigenvalue weighted by Gasteiger charge is -2.18. The smallest absolute Gasteiger partial charge is 0.419 e. The highest BCUT2D eigenvalue weighted by molar-refractivity contribution is 7.06. The third-order valence-corrected chi connectivity index (χ3v) is 4.24. The summed E-state index contributed by atoms with van der Waals surface area (Å²) in [7, 11) is 0. The largest absolute Gasteiger partial charge is 0.442 e. The number of carbonyl (C=O) groups excluding carboxylic acids is 1. The van der Waals surface area contributed by atoms with Gasteiger partial charge in [0.15, 0.2) is 6.73 Å². The van der Waals surface area contributed by atoms with E-state index in [1.54, 1.807) is 5.38 Å². The first kappa shape index (κ1) is 18.5. The van der Waals surface area contributed by atoms with Gasteiger partial charge in [-0.1, -0.05) is 30.9 Å². The predicted octanol–water partition coefficient (Wildman–Crippen LogP) is 4.00. The van der Waals surface area contributed by atoms with E-state index in [1.165, 1.54) is 21.6 Å². The minimum atomic E-state index is -4.74. The molecule has 0 amide bonds. The summed E-state index contributed by atoms with van der Waals surface area (Å²) in [6.45, 7) is 1.77. The van der Waals surface area contributed by atoms with Crippen molar-refractivity contribution in [1.29, 1.82) is 0 Å². The maximum absolute atomic E-state index is 13.6. The van der Waals surface area contributed by atoms with Crippen LogP contribution in [0.3, 0.4) is 0 Å². The van der Waals surface area contributed by atoms with Crippen LogP contribution in [-0.4, -0.2) is 16.0 Å². The van der Waals surface area contributed by atoms with Crippen LogP contribution in [0.15, 0.2) is 23.6 Å². The Labute approximate surface area is 140 Å². The van der Waals surface area contributed by atoms with Gasteiger partial charge in [-0.2, -0.15) is 13.2 Å². The molecule has 0 aliphatic carbocycles. The Balaban J connectivity index is 2.07. The van der Waals surface area contributed by atoms with Crippen molar-refractivity contribution < 1.29 is 27.1 Å². The normalized spacial score (nSPS) is 13.1. The van der Waals surface area contributed by atoms with Crippen LogP contribution in [0.1, 0.15) is 25.3 Å². The average molecular weight is 364 g/mol. The molecule has 24 heavy (non-hydrogen) atoms. The van der Waals surface area contributed by atoms with Gasteiger partial charge >= 0.3 is 12.1 Å². The fourth-order valence-electron chi connectivity index (χ4n) is 2.05. The second-order valence-corrected chi connectivity index (χ2v) is 6.05. The summed E-state index contributed by atoms with van der Waals surface area (Å²) in [4.78, 5) is 11.6. The zero-order chi connectivity index (χ0) is 17.9. The molecule has 1 aromatic heterocycles. The van der Waals surface area contributed by atoms with Crippen LogP contribution in [-0.2, 0) is 22.4 Å². The molecule has 2 rings (SSSR count). The number of hydrogen-bond acceptors (Lipinski definition) is 4. The third kappa shape index (κ3) is 4.15. The van der Waals surface area contributed by atoms with E-state index in [0.717, 1.165) is 12.5 Å². The number of carbonyl (C=O) groups is 1. The van der Waals surface area contributed by atoms with E-state index >= 15 is 0 Å². The monoisotopic (exact) mass is 364 g/mol. The first-order valence-electron chi connectivity index (χ1n) is 7.18. The van der Waals surface area contributed by atoms with Crippen molar-refractivity contribution in [2.75, 3.05) is 0 Å². The molecule has 2 aromatic rings. The van der Waals surface area contributed by atoms with Gasteiger partial charge in [0.2, 0.25) is 0 Å². The summed E-state index contributed by atoms with van der Waals surface area (Å²) in [6.07, 6.45) is -3.50. The Morgan fingerprint density at radius 2 is 2.12 bits per heavy atom. The van der Waals surface area contributed by atoms with Gasteiger partial charge in [-0.15, -0.1) is 0 Å². The molecule has 1 heterocycles. The van der Waals surface area contributed by atoms with Crippen molar-refractivity contribution in [3.63, 3.8) is 0 Å². The molecule has 0 spiro atoms. The van der Waals surface area contributed by atoms with Gasteiger partial charge in [-0.25, -0.2) is 4.39 Å². The van der Waals surface area contributed by atoms with Crippen molar-refractivity contribution in [3.8, 4) is 11.3 Å². The number of esters is 1. The van der Waals surface area contributed by atoms with Gasteiger partial charge < -0.3 is 10.5 Å². The quantitative estimate of drug-likeness (QED) is 0.623. The van der Waals surface area contributed by atoms with E-state index in [4.69, 9.17) is 10.5 Å². The lowest BCUT2D eigenvalue weighted by Crippen LogP contribution is -2.32. The van der Waals surface area contributed by atoms with E-state index in [1.807, 2.05) is 6.92 Å². The summed E-state index contributed by atoms with van der Waals surface area (Å²) in [5.41, 5.74) is 5.06. The fourth-order valence-corrected chi connectivity index (χ4v) is 2.77. The minimum absolute atomic E-state index is 0.116. The number of rotatable bonds is 6. The zero-order valence-electron chi connectivity index (χ0n) is 12.8. The molecule has 2 N–H and O–H groups in total. The Morgan fingerprint density at radius 3 is 2.62 bits per heavy atom. The van der Waals surface area contributed by atoms with E-state index in [2.05, 4.69) is 0 Å². The van der Waals surface area contributed by atoms with Crippen LogP contribution in [0.4, 0.5) is 17.6 Å². The fraction of sp³-hybridized carbons (Fsp3) is 0.400. The number of aromatic nitrogens is 1. The number of benzene rings is 1. The minimum Gasteiger partial charge on any atom is -0.442 e. The zero-order valence-corrected chi connectivity index (χ0v) is 13.6. The number of nitrogens with two attached hydrogens (primary N) is 1. The van der Waals surface area contributed by atoms with Crippen LogP contribution in [0, 0.1) is 5.82 Å². The third-order valence-electron chi connectivity index (χ3n) is 3.36. The van der Waals surface area contributed by atoms with Gasteiger partial charge in [0.05, 0.1) is 11.3 Å². The summed E-state index contributed by atoms with van der Waals surface area (Å²) in [6, 6.07) is 1.97. The molecule has 0 fully saturated rings. The van der Waals surface area contributed by atoms with Crippen LogP contribution < -0.4 is 5.73 Å². The highest BCUT2D eigenvalue weighted by Crippen LogP contribution is 2.34. The molecule has 1 aromatic carbocycles. The van der Waals surface area contributed by atoms with Gasteiger partial charge in [-0.05, 0) is 18.6 Å². The Hall–Kier alpha value is -1.87. The average Bonchev–Trinajstić information content (AvgIpc) is 2.45. The molecular formula is C15H16F4N2O2S. The molecule has 0 saturated carbocycles. The van der Waals surface area contributed by atoms with Gasteiger partial charge in [0, 0.05) is 10.9 Å². The highest BCUT2D eigenvalue weighted by atomic mass is 32.1. The standard InChI is InChI=1S/C15H16F4N2O2S/c1-2-3-12(20)14(22)23-8-21-13(7-24-21)9-4-5-10(11(16)6-9)15(17,18)19/h4-7,12H,2-3,8,20H2,1H3/t12-/m0/s1. The first-order chi connectivity index (χ1) is 11.2. The van der Waals surface area contributed by atoms with Crippen LogP contribution >= 0.6 is 11.5 Å². The van der Waals surface area contributed by atoms with Crippen molar-refractivity contribution in [2.24, 2.45) is 5.73 Å². The lowest BCUT2D eigenvalue weighted by molar-refractivity contribution is -0.149. The SMILES string of the molecule is CCC[C@H](N)C(=O)OCn1scc1-c1ccc(C(F)(F)F)c(F)c1. The number of alkyl halides is 3. The summed E-state index contributed by atoms with van der Waals surface area (Å²) in [5, 5.41) is 1.63. The molecular weight excluding hydrogens is 348 g/mol. The van der Waals surface area contributed by atoms with E-state index in [9.17, 15) is 22.4 Å². The van der Waals surface area contributed by atoms with E-state index in [-0.39, 0.29) is 12.3 Å². The van der Waals surface area contributed by atoms with Crippen molar-refractivity contribution in [2.45, 2.75) is 38.7 Å². The predicted molar refractivity (Wildman–Crippen MR) is 81.7 cm³/mol. The number of hydrogen-bond donors (Lipinski definition) is 1. The summed E-state index contributed by atoms with van der Waals surface area (Å²) >= 11 is 1.20. The Kier molecular flexibility index (Phi) is 5.66. The van der Waals surface area contributed by atoms with E-state index < -0.39 is 29.6 Å². The van der Waals surface area contributed by atoms with Crippen LogP contribution in [0.25, 0.3) is 11.3 Å². The van der Waals surface area contributed by atoms with Gasteiger partial charge in [-0.3, -0.25) is 8.75 Å². The molecule has 0 bridgehead atoms. The maximum Gasteiger partial charge on any atom is 0.419 e.